The third kappa shape index (κ3) is 3.92. The Morgan fingerprint density at radius 1 is 0.917 bits per heavy atom. The van der Waals surface area contributed by atoms with Gasteiger partial charge in [0, 0.05) is 29.3 Å². The average Bonchev–Trinajstić information content (AvgIpc) is 2.91. The number of benzene rings is 3. The van der Waals surface area contributed by atoms with E-state index in [-0.39, 0.29) is 11.7 Å². The van der Waals surface area contributed by atoms with Crippen LogP contribution in [0.3, 0.4) is 0 Å². The van der Waals surface area contributed by atoms with Crippen molar-refractivity contribution in [3.8, 4) is 11.5 Å². The highest BCUT2D eigenvalue weighted by Gasteiger charge is 2.41. The van der Waals surface area contributed by atoms with Crippen LogP contribution in [0.4, 0.5) is 0 Å². The maximum absolute atomic E-state index is 13.8. The van der Waals surface area contributed by atoms with Crippen molar-refractivity contribution in [3.05, 3.63) is 94.3 Å². The second-order valence-corrected chi connectivity index (χ2v) is 9.19. The second-order valence-electron chi connectivity index (χ2n) is 9.19. The minimum absolute atomic E-state index is 0.0235. The fourth-order valence-corrected chi connectivity index (χ4v) is 5.58. The summed E-state index contributed by atoms with van der Waals surface area (Å²) < 4.78 is 16.0. The van der Waals surface area contributed by atoms with Gasteiger partial charge in [0.2, 0.25) is 0 Å². The molecule has 6 nitrogen and oxygen atoms in total. The van der Waals surface area contributed by atoms with E-state index in [1.807, 2.05) is 67.6 Å². The number of carbonyl (C=O) groups excluding carboxylic acids is 2. The highest BCUT2D eigenvalue weighted by Crippen LogP contribution is 2.47. The Morgan fingerprint density at radius 3 is 2.42 bits per heavy atom. The Bertz CT molecular complexity index is 1430. The standard InChI is InChI=1S/C30H29NO5/c1-17-27(30(33)36-4)28(22-11-7-9-18-8-5-6-10-21(18)22)29-23(31-17)14-20(15-24(29)32)19-12-13-25(34-2)26(16-19)35-3/h5-13,16,20,28,31H,14-15H2,1-4H3/t20-,28-/m0/s1. The molecule has 0 fully saturated rings. The summed E-state index contributed by atoms with van der Waals surface area (Å²) >= 11 is 0. The van der Waals surface area contributed by atoms with Gasteiger partial charge in [0.25, 0.3) is 0 Å². The number of Topliss-reactive ketones (excluding diaryl/α,β-unsaturated/α-hetero) is 1. The molecule has 184 valence electrons. The second kappa shape index (κ2) is 9.53. The number of hydrogen-bond acceptors (Lipinski definition) is 6. The van der Waals surface area contributed by atoms with Gasteiger partial charge < -0.3 is 19.5 Å². The predicted molar refractivity (Wildman–Crippen MR) is 138 cm³/mol. The quantitative estimate of drug-likeness (QED) is 0.491. The van der Waals surface area contributed by atoms with Crippen molar-refractivity contribution < 1.29 is 23.8 Å². The van der Waals surface area contributed by atoms with Crippen LogP contribution in [0.2, 0.25) is 0 Å². The molecule has 0 spiro atoms. The molecule has 36 heavy (non-hydrogen) atoms. The molecule has 2 aliphatic rings. The number of fused-ring (bicyclic) bond motifs is 1. The van der Waals surface area contributed by atoms with Gasteiger partial charge >= 0.3 is 5.97 Å². The first kappa shape index (κ1) is 23.7. The first-order chi connectivity index (χ1) is 17.5. The molecule has 0 bridgehead atoms. The number of allylic oxidation sites excluding steroid dienone is 3. The van der Waals surface area contributed by atoms with Gasteiger partial charge in [-0.15, -0.1) is 0 Å². The Kier molecular flexibility index (Phi) is 6.27. The fourth-order valence-electron chi connectivity index (χ4n) is 5.58. The number of nitrogens with one attached hydrogen (secondary N) is 1. The maximum Gasteiger partial charge on any atom is 0.336 e. The molecular weight excluding hydrogens is 454 g/mol. The van der Waals surface area contributed by atoms with Crippen LogP contribution in [0.1, 0.15) is 42.7 Å². The van der Waals surface area contributed by atoms with E-state index in [9.17, 15) is 9.59 Å². The predicted octanol–water partition coefficient (Wildman–Crippen LogP) is 5.39. The topological polar surface area (TPSA) is 73.9 Å². The molecule has 3 aromatic rings. The molecule has 1 heterocycles. The number of hydrogen-bond donors (Lipinski definition) is 1. The summed E-state index contributed by atoms with van der Waals surface area (Å²) in [5, 5.41) is 5.47. The lowest BCUT2D eigenvalue weighted by Gasteiger charge is -2.37. The van der Waals surface area contributed by atoms with E-state index in [4.69, 9.17) is 14.2 Å². The lowest BCUT2D eigenvalue weighted by atomic mass is 9.71. The lowest BCUT2D eigenvalue weighted by molar-refractivity contribution is -0.136. The summed E-state index contributed by atoms with van der Waals surface area (Å²) in [5.41, 5.74) is 4.63. The van der Waals surface area contributed by atoms with Crippen LogP contribution in [-0.2, 0) is 14.3 Å². The highest BCUT2D eigenvalue weighted by atomic mass is 16.5. The third-order valence-corrected chi connectivity index (χ3v) is 7.25. The van der Waals surface area contributed by atoms with Crippen LogP contribution in [0, 0.1) is 0 Å². The minimum atomic E-state index is -0.501. The van der Waals surface area contributed by atoms with Crippen molar-refractivity contribution in [2.24, 2.45) is 0 Å². The summed E-state index contributed by atoms with van der Waals surface area (Å²) in [5.74, 6) is 0.352. The molecule has 0 aromatic heterocycles. The largest absolute Gasteiger partial charge is 0.493 e. The zero-order valence-corrected chi connectivity index (χ0v) is 20.9. The van der Waals surface area contributed by atoms with Crippen LogP contribution in [0.15, 0.2) is 83.2 Å². The lowest BCUT2D eigenvalue weighted by Crippen LogP contribution is -2.36. The number of ketones is 1. The summed E-state index contributed by atoms with van der Waals surface area (Å²) in [6, 6.07) is 19.9. The first-order valence-corrected chi connectivity index (χ1v) is 12.0. The van der Waals surface area contributed by atoms with Gasteiger partial charge in [-0.3, -0.25) is 4.79 Å². The van der Waals surface area contributed by atoms with Crippen molar-refractivity contribution in [3.63, 3.8) is 0 Å². The Labute approximate surface area is 210 Å². The number of ether oxygens (including phenoxy) is 3. The molecule has 6 heteroatoms. The first-order valence-electron chi connectivity index (χ1n) is 12.0. The van der Waals surface area contributed by atoms with Crippen LogP contribution in [0.25, 0.3) is 10.8 Å². The fraction of sp³-hybridized carbons (Fsp3) is 0.267. The van der Waals surface area contributed by atoms with Crippen molar-refractivity contribution in [1.82, 2.24) is 5.32 Å². The van der Waals surface area contributed by atoms with E-state index in [0.717, 1.165) is 27.6 Å². The van der Waals surface area contributed by atoms with Gasteiger partial charge in [-0.05, 0) is 53.3 Å². The Hall–Kier alpha value is -4.06. The molecule has 0 amide bonds. The number of esters is 1. The monoisotopic (exact) mass is 483 g/mol. The maximum atomic E-state index is 13.8. The number of rotatable bonds is 5. The highest BCUT2D eigenvalue weighted by molar-refractivity contribution is 6.05. The zero-order chi connectivity index (χ0) is 25.4. The molecule has 1 N–H and O–H groups in total. The SMILES string of the molecule is COC(=O)C1=C(C)NC2=C(C(=O)C[C@@H](c3ccc(OC)c(OC)c3)C2)[C@H]1c1cccc2ccccc12. The third-order valence-electron chi connectivity index (χ3n) is 7.25. The summed E-state index contributed by atoms with van der Waals surface area (Å²) in [7, 11) is 4.59. The van der Waals surface area contributed by atoms with Crippen LogP contribution in [0.5, 0.6) is 11.5 Å². The van der Waals surface area contributed by atoms with Gasteiger partial charge in [0.15, 0.2) is 17.3 Å². The van der Waals surface area contributed by atoms with Gasteiger partial charge in [-0.2, -0.15) is 0 Å². The normalized spacial score (nSPS) is 19.6. The van der Waals surface area contributed by atoms with Crippen molar-refractivity contribution in [1.29, 1.82) is 0 Å². The van der Waals surface area contributed by atoms with E-state index in [0.29, 0.717) is 41.2 Å². The van der Waals surface area contributed by atoms with E-state index >= 15 is 0 Å². The molecule has 1 aliphatic heterocycles. The van der Waals surface area contributed by atoms with Crippen molar-refractivity contribution >= 4 is 22.5 Å². The minimum Gasteiger partial charge on any atom is -0.493 e. The molecule has 0 radical (unpaired) electrons. The van der Waals surface area contributed by atoms with Crippen LogP contribution in [-0.4, -0.2) is 33.1 Å². The summed E-state index contributed by atoms with van der Waals surface area (Å²) in [4.78, 5) is 26.9. The summed E-state index contributed by atoms with van der Waals surface area (Å²) in [6.07, 6.45) is 0.981. The van der Waals surface area contributed by atoms with Gasteiger partial charge in [0.05, 0.1) is 26.9 Å². The van der Waals surface area contributed by atoms with Crippen LogP contribution >= 0.6 is 0 Å². The molecule has 5 rings (SSSR count). The average molecular weight is 484 g/mol. The molecule has 2 atom stereocenters. The smallest absolute Gasteiger partial charge is 0.336 e. The number of carbonyl (C=O) groups is 2. The van der Waals surface area contributed by atoms with E-state index in [1.165, 1.54) is 7.11 Å². The summed E-state index contributed by atoms with van der Waals surface area (Å²) in [6.45, 7) is 1.87. The molecule has 0 saturated heterocycles. The molecule has 1 aliphatic carbocycles. The number of dihydropyridines is 1. The zero-order valence-electron chi connectivity index (χ0n) is 20.9. The van der Waals surface area contributed by atoms with Crippen molar-refractivity contribution in [2.75, 3.05) is 21.3 Å². The number of methoxy groups -OCH3 is 3. The van der Waals surface area contributed by atoms with Gasteiger partial charge in [-0.1, -0.05) is 48.5 Å². The van der Waals surface area contributed by atoms with E-state index in [1.54, 1.807) is 14.2 Å². The van der Waals surface area contributed by atoms with Gasteiger partial charge in [-0.25, -0.2) is 4.79 Å². The van der Waals surface area contributed by atoms with E-state index < -0.39 is 11.9 Å². The molecular formula is C30H29NO5. The van der Waals surface area contributed by atoms with Crippen molar-refractivity contribution in [2.45, 2.75) is 31.6 Å². The molecule has 0 saturated carbocycles. The van der Waals surface area contributed by atoms with E-state index in [2.05, 4.69) is 5.32 Å². The molecule has 0 unspecified atom stereocenters. The Balaban J connectivity index is 1.63. The van der Waals surface area contributed by atoms with Gasteiger partial charge in [0.1, 0.15) is 0 Å². The Morgan fingerprint density at radius 2 is 1.67 bits per heavy atom. The molecule has 3 aromatic carbocycles. The van der Waals surface area contributed by atoms with Crippen LogP contribution < -0.4 is 14.8 Å².